The minimum absolute atomic E-state index is 0.222. The molecule has 2 heterocycles. The van der Waals surface area contributed by atoms with Crippen molar-refractivity contribution in [2.75, 3.05) is 6.54 Å². The summed E-state index contributed by atoms with van der Waals surface area (Å²) in [5, 5.41) is 6.61. The maximum Gasteiger partial charge on any atom is 0.244 e. The zero-order chi connectivity index (χ0) is 16.6. The molecule has 2 N–H and O–H groups in total. The van der Waals surface area contributed by atoms with Crippen molar-refractivity contribution >= 4 is 21.1 Å². The number of hydrogen-bond donors (Lipinski definition) is 2. The maximum atomic E-state index is 12.3. The van der Waals surface area contributed by atoms with Crippen LogP contribution in [0.4, 0.5) is 0 Å². The summed E-state index contributed by atoms with van der Waals surface area (Å²) in [6.07, 6.45) is 0.566. The predicted molar refractivity (Wildman–Crippen MR) is 85.7 cm³/mol. The van der Waals surface area contributed by atoms with Gasteiger partial charge in [0.05, 0.1) is 11.4 Å². The lowest BCUT2D eigenvalue weighted by molar-refractivity contribution is 0.561. The fourth-order valence-electron chi connectivity index (χ4n) is 2.58. The second kappa shape index (κ2) is 5.78. The molecule has 2 aromatic heterocycles. The van der Waals surface area contributed by atoms with Crippen molar-refractivity contribution in [3.8, 4) is 0 Å². The van der Waals surface area contributed by atoms with Gasteiger partial charge in [-0.3, -0.25) is 5.10 Å². The zero-order valence-electron chi connectivity index (χ0n) is 13.2. The van der Waals surface area contributed by atoms with Crippen LogP contribution in [0.25, 0.3) is 11.1 Å². The van der Waals surface area contributed by atoms with Crippen molar-refractivity contribution in [2.24, 2.45) is 0 Å². The van der Waals surface area contributed by atoms with Crippen LogP contribution in [0.1, 0.15) is 22.8 Å². The Labute approximate surface area is 134 Å². The molecule has 3 rings (SSSR count). The largest absolute Gasteiger partial charge is 0.441 e. The summed E-state index contributed by atoms with van der Waals surface area (Å²) < 4.78 is 32.7. The van der Waals surface area contributed by atoms with Gasteiger partial charge < -0.3 is 4.42 Å². The van der Waals surface area contributed by atoms with Gasteiger partial charge in [-0.05, 0) is 38.0 Å². The van der Waals surface area contributed by atoms with Gasteiger partial charge in [-0.2, -0.15) is 5.10 Å². The van der Waals surface area contributed by atoms with Crippen molar-refractivity contribution < 1.29 is 12.8 Å². The first-order valence-corrected chi connectivity index (χ1v) is 8.72. The number of benzene rings is 1. The number of aromatic nitrogens is 3. The van der Waals surface area contributed by atoms with Crippen molar-refractivity contribution in [2.45, 2.75) is 32.1 Å². The van der Waals surface area contributed by atoms with Crippen LogP contribution in [0, 0.1) is 20.8 Å². The molecule has 0 amide bonds. The molecule has 1 aromatic carbocycles. The van der Waals surface area contributed by atoms with Crippen LogP contribution in [0.3, 0.4) is 0 Å². The van der Waals surface area contributed by atoms with Crippen molar-refractivity contribution in [1.29, 1.82) is 0 Å². The van der Waals surface area contributed by atoms with Gasteiger partial charge in [-0.1, -0.05) is 6.07 Å². The van der Waals surface area contributed by atoms with Crippen molar-refractivity contribution in [3.63, 3.8) is 0 Å². The lowest BCUT2D eigenvalue weighted by Crippen LogP contribution is -2.26. The van der Waals surface area contributed by atoms with Crippen LogP contribution in [-0.2, 0) is 16.4 Å². The molecule has 0 aliphatic carbocycles. The van der Waals surface area contributed by atoms with Gasteiger partial charge in [0, 0.05) is 13.5 Å². The van der Waals surface area contributed by atoms with E-state index < -0.39 is 10.0 Å². The third-order valence-electron chi connectivity index (χ3n) is 3.59. The van der Waals surface area contributed by atoms with E-state index in [4.69, 9.17) is 4.42 Å². The molecule has 3 aromatic rings. The molecular weight excluding hydrogens is 316 g/mol. The molecule has 0 aliphatic rings. The van der Waals surface area contributed by atoms with Gasteiger partial charge in [0.15, 0.2) is 11.5 Å². The van der Waals surface area contributed by atoms with E-state index >= 15 is 0 Å². The number of fused-ring (bicyclic) bond motifs is 1. The summed E-state index contributed by atoms with van der Waals surface area (Å²) in [4.78, 5) is 4.50. The van der Waals surface area contributed by atoms with Crippen LogP contribution in [0.2, 0.25) is 0 Å². The smallest absolute Gasteiger partial charge is 0.244 e. The highest BCUT2D eigenvalue weighted by atomic mass is 32.2. The van der Waals surface area contributed by atoms with Gasteiger partial charge in [0.25, 0.3) is 0 Å². The van der Waals surface area contributed by atoms with E-state index in [2.05, 4.69) is 19.9 Å². The summed E-state index contributed by atoms with van der Waals surface area (Å²) in [7, 11) is -3.56. The molecule has 0 saturated carbocycles. The molecule has 8 heteroatoms. The van der Waals surface area contributed by atoms with E-state index in [1.54, 1.807) is 20.8 Å². The minimum atomic E-state index is -3.56. The molecule has 0 aliphatic heterocycles. The molecule has 0 atom stereocenters. The van der Waals surface area contributed by atoms with Gasteiger partial charge >= 0.3 is 0 Å². The number of nitrogens with one attached hydrogen (secondary N) is 2. The van der Waals surface area contributed by atoms with E-state index in [1.165, 1.54) is 0 Å². The molecule has 122 valence electrons. The van der Waals surface area contributed by atoms with Crippen molar-refractivity contribution in [3.05, 3.63) is 41.0 Å². The highest BCUT2D eigenvalue weighted by Crippen LogP contribution is 2.18. The van der Waals surface area contributed by atoms with Crippen LogP contribution in [0.5, 0.6) is 0 Å². The number of oxazole rings is 1. The van der Waals surface area contributed by atoms with Gasteiger partial charge in [0.2, 0.25) is 10.0 Å². The SMILES string of the molecule is Cc1nc2cc(CCNS(=O)(=O)c3c(C)n[nH]c3C)ccc2o1. The minimum Gasteiger partial charge on any atom is -0.441 e. The van der Waals surface area contributed by atoms with E-state index in [1.807, 2.05) is 18.2 Å². The molecule has 0 spiro atoms. The summed E-state index contributed by atoms with van der Waals surface area (Å²) in [6, 6.07) is 5.67. The number of nitrogens with zero attached hydrogens (tertiary/aromatic N) is 2. The molecular formula is C15H18N4O3S. The van der Waals surface area contributed by atoms with Crippen LogP contribution >= 0.6 is 0 Å². The molecule has 0 saturated heterocycles. The highest BCUT2D eigenvalue weighted by Gasteiger charge is 2.21. The molecule has 7 nitrogen and oxygen atoms in total. The third kappa shape index (κ3) is 3.13. The Bertz CT molecular complexity index is 937. The average Bonchev–Trinajstić information content (AvgIpc) is 3.00. The summed E-state index contributed by atoms with van der Waals surface area (Å²) in [6.45, 7) is 5.45. The highest BCUT2D eigenvalue weighted by molar-refractivity contribution is 7.89. The van der Waals surface area contributed by atoms with Crippen LogP contribution in [0.15, 0.2) is 27.5 Å². The third-order valence-corrected chi connectivity index (χ3v) is 5.32. The second-order valence-electron chi connectivity index (χ2n) is 5.45. The molecule has 0 unspecified atom stereocenters. The molecule has 0 fully saturated rings. The first kappa shape index (κ1) is 15.7. The Balaban J connectivity index is 1.70. The summed E-state index contributed by atoms with van der Waals surface area (Å²) >= 11 is 0. The number of rotatable bonds is 5. The monoisotopic (exact) mass is 334 g/mol. The number of hydrogen-bond acceptors (Lipinski definition) is 5. The fourth-order valence-corrected chi connectivity index (χ4v) is 3.98. The molecule has 0 radical (unpaired) electrons. The Morgan fingerprint density at radius 1 is 1.26 bits per heavy atom. The topological polar surface area (TPSA) is 101 Å². The zero-order valence-corrected chi connectivity index (χ0v) is 14.0. The van der Waals surface area contributed by atoms with E-state index in [0.717, 1.165) is 16.7 Å². The fraction of sp³-hybridized carbons (Fsp3) is 0.333. The Morgan fingerprint density at radius 3 is 2.74 bits per heavy atom. The van der Waals surface area contributed by atoms with Gasteiger partial charge in [-0.25, -0.2) is 18.1 Å². The van der Waals surface area contributed by atoms with Crippen molar-refractivity contribution in [1.82, 2.24) is 19.9 Å². The number of H-pyrrole nitrogens is 1. The molecule has 23 heavy (non-hydrogen) atoms. The number of aromatic amines is 1. The number of sulfonamides is 1. The normalized spacial score (nSPS) is 12.1. The molecule has 0 bridgehead atoms. The van der Waals surface area contributed by atoms with Gasteiger partial charge in [-0.15, -0.1) is 0 Å². The quantitative estimate of drug-likeness (QED) is 0.743. The first-order chi connectivity index (χ1) is 10.9. The lowest BCUT2D eigenvalue weighted by Gasteiger charge is -2.07. The second-order valence-corrected chi connectivity index (χ2v) is 7.15. The van der Waals surface area contributed by atoms with E-state index in [0.29, 0.717) is 30.2 Å². The van der Waals surface area contributed by atoms with Crippen LogP contribution < -0.4 is 4.72 Å². The lowest BCUT2D eigenvalue weighted by atomic mass is 10.1. The number of aryl methyl sites for hydroxylation is 3. The van der Waals surface area contributed by atoms with Gasteiger partial charge in [0.1, 0.15) is 10.4 Å². The first-order valence-electron chi connectivity index (χ1n) is 7.24. The summed E-state index contributed by atoms with van der Waals surface area (Å²) in [5.41, 5.74) is 3.51. The standard InChI is InChI=1S/C15H18N4O3S/c1-9-15(10(2)19-18-9)23(20,21)16-7-6-12-4-5-14-13(8-12)17-11(3)22-14/h4-5,8,16H,6-7H2,1-3H3,(H,18,19). The Kier molecular flexibility index (Phi) is 3.95. The van der Waals surface area contributed by atoms with E-state index in [-0.39, 0.29) is 4.90 Å². The summed E-state index contributed by atoms with van der Waals surface area (Å²) in [5.74, 6) is 0.615. The predicted octanol–water partition coefficient (Wildman–Crippen LogP) is 2.00. The van der Waals surface area contributed by atoms with E-state index in [9.17, 15) is 8.42 Å². The Morgan fingerprint density at radius 2 is 2.04 bits per heavy atom. The average molecular weight is 334 g/mol. The Hall–Kier alpha value is -2.19. The maximum absolute atomic E-state index is 12.3. The van der Waals surface area contributed by atoms with Crippen LogP contribution in [-0.4, -0.2) is 30.1 Å².